The standard InChI is InChI=1S/C22H39N5/c23-22(25-14-7-12-20-16-24-17-27-20)26-15-13-21(18-8-3-1-4-9-18)19-10-5-2-6-11-19/h16-19,21H,1-15H2,(H,24,27)(H3,23,25,26). The average Bonchev–Trinajstić information content (AvgIpc) is 3.23. The highest BCUT2D eigenvalue weighted by atomic mass is 15.1. The lowest BCUT2D eigenvalue weighted by molar-refractivity contribution is 0.136. The molecule has 2 aliphatic carbocycles. The molecule has 2 aliphatic rings. The van der Waals surface area contributed by atoms with Gasteiger partial charge in [0, 0.05) is 25.0 Å². The molecule has 1 heterocycles. The molecule has 0 saturated heterocycles. The number of guanidine groups is 1. The molecule has 152 valence electrons. The van der Waals surface area contributed by atoms with Crippen LogP contribution in [0, 0.1) is 17.8 Å². The van der Waals surface area contributed by atoms with Crippen molar-refractivity contribution in [2.24, 2.45) is 28.5 Å². The number of aromatic amines is 1. The zero-order valence-electron chi connectivity index (χ0n) is 17.0. The van der Waals surface area contributed by atoms with Crippen LogP contribution in [-0.4, -0.2) is 29.0 Å². The summed E-state index contributed by atoms with van der Waals surface area (Å²) < 4.78 is 0. The van der Waals surface area contributed by atoms with E-state index in [-0.39, 0.29) is 0 Å². The van der Waals surface area contributed by atoms with Crippen LogP contribution in [0.1, 0.15) is 82.7 Å². The summed E-state index contributed by atoms with van der Waals surface area (Å²) >= 11 is 0. The first-order chi connectivity index (χ1) is 13.3. The number of imidazole rings is 1. The maximum atomic E-state index is 6.10. The Kier molecular flexibility index (Phi) is 8.50. The fraction of sp³-hybridized carbons (Fsp3) is 0.818. The minimum Gasteiger partial charge on any atom is -0.370 e. The highest BCUT2D eigenvalue weighted by Crippen LogP contribution is 2.41. The predicted molar refractivity (Wildman–Crippen MR) is 113 cm³/mol. The van der Waals surface area contributed by atoms with E-state index in [0.717, 1.165) is 43.7 Å². The Labute approximate surface area is 165 Å². The summed E-state index contributed by atoms with van der Waals surface area (Å²) in [5.41, 5.74) is 7.26. The number of hydrogen-bond acceptors (Lipinski definition) is 2. The molecule has 0 spiro atoms. The number of rotatable bonds is 9. The van der Waals surface area contributed by atoms with Gasteiger partial charge in [0.1, 0.15) is 0 Å². The van der Waals surface area contributed by atoms with Crippen molar-refractivity contribution >= 4 is 5.96 Å². The van der Waals surface area contributed by atoms with E-state index in [4.69, 9.17) is 5.73 Å². The highest BCUT2D eigenvalue weighted by Gasteiger charge is 2.30. The summed E-state index contributed by atoms with van der Waals surface area (Å²) in [4.78, 5) is 11.7. The summed E-state index contributed by atoms with van der Waals surface area (Å²) in [5.74, 6) is 3.42. The molecule has 0 radical (unpaired) electrons. The molecule has 4 N–H and O–H groups in total. The van der Waals surface area contributed by atoms with Gasteiger partial charge in [-0.3, -0.25) is 4.99 Å². The predicted octanol–water partition coefficient (Wildman–Crippen LogP) is 4.41. The van der Waals surface area contributed by atoms with Crippen molar-refractivity contribution in [2.75, 3.05) is 13.1 Å². The molecule has 27 heavy (non-hydrogen) atoms. The number of hydrogen-bond donors (Lipinski definition) is 3. The monoisotopic (exact) mass is 373 g/mol. The summed E-state index contributed by atoms with van der Waals surface area (Å²) in [6.07, 6.45) is 21.3. The van der Waals surface area contributed by atoms with E-state index in [1.54, 1.807) is 6.33 Å². The molecule has 0 aromatic carbocycles. The Morgan fingerprint density at radius 3 is 2.37 bits per heavy atom. The van der Waals surface area contributed by atoms with Crippen LogP contribution in [0.5, 0.6) is 0 Å². The number of aromatic nitrogens is 2. The maximum absolute atomic E-state index is 6.10. The van der Waals surface area contributed by atoms with E-state index in [0.29, 0.717) is 5.96 Å². The van der Waals surface area contributed by atoms with Crippen LogP contribution in [0.25, 0.3) is 0 Å². The van der Waals surface area contributed by atoms with Crippen molar-refractivity contribution in [2.45, 2.75) is 83.5 Å². The fourth-order valence-corrected chi connectivity index (χ4v) is 5.29. The zero-order valence-corrected chi connectivity index (χ0v) is 17.0. The second-order valence-corrected chi connectivity index (χ2v) is 8.62. The summed E-state index contributed by atoms with van der Waals surface area (Å²) in [5, 5.41) is 3.39. The molecule has 2 fully saturated rings. The number of H-pyrrole nitrogens is 1. The molecule has 5 heteroatoms. The molecular weight excluding hydrogens is 334 g/mol. The molecule has 5 nitrogen and oxygen atoms in total. The van der Waals surface area contributed by atoms with Gasteiger partial charge in [-0.2, -0.15) is 0 Å². The van der Waals surface area contributed by atoms with Gasteiger partial charge >= 0.3 is 0 Å². The van der Waals surface area contributed by atoms with Crippen molar-refractivity contribution in [1.82, 2.24) is 15.3 Å². The molecule has 0 aliphatic heterocycles. The Morgan fingerprint density at radius 1 is 1.11 bits per heavy atom. The first kappa shape index (κ1) is 20.2. The van der Waals surface area contributed by atoms with Gasteiger partial charge in [0.15, 0.2) is 5.96 Å². The second kappa shape index (κ2) is 11.4. The normalized spacial score (nSPS) is 20.3. The van der Waals surface area contributed by atoms with Crippen molar-refractivity contribution in [3.05, 3.63) is 18.2 Å². The average molecular weight is 374 g/mol. The van der Waals surface area contributed by atoms with Gasteiger partial charge in [-0.15, -0.1) is 0 Å². The molecule has 1 aromatic rings. The first-order valence-electron chi connectivity index (χ1n) is 11.3. The van der Waals surface area contributed by atoms with Crippen LogP contribution in [-0.2, 0) is 6.42 Å². The van der Waals surface area contributed by atoms with Gasteiger partial charge < -0.3 is 16.0 Å². The molecule has 1 aromatic heterocycles. The largest absolute Gasteiger partial charge is 0.370 e. The highest BCUT2D eigenvalue weighted by molar-refractivity contribution is 5.77. The number of nitrogens with zero attached hydrogens (tertiary/aromatic N) is 2. The smallest absolute Gasteiger partial charge is 0.188 e. The molecule has 0 atom stereocenters. The Bertz CT molecular complexity index is 509. The Morgan fingerprint density at radius 2 is 1.78 bits per heavy atom. The van der Waals surface area contributed by atoms with Crippen LogP contribution < -0.4 is 11.1 Å². The summed E-state index contributed by atoms with van der Waals surface area (Å²) in [6, 6.07) is 0. The third-order valence-corrected chi connectivity index (χ3v) is 6.74. The topological polar surface area (TPSA) is 79.1 Å². The third kappa shape index (κ3) is 6.86. The van der Waals surface area contributed by atoms with E-state index < -0.39 is 0 Å². The van der Waals surface area contributed by atoms with Crippen LogP contribution in [0.4, 0.5) is 0 Å². The quantitative estimate of drug-likeness (QED) is 0.341. The van der Waals surface area contributed by atoms with Gasteiger partial charge in [0.25, 0.3) is 0 Å². The SMILES string of the molecule is NC(=NCCCc1cnc[nH]1)NCCC(C1CCCCC1)C1CCCCC1. The van der Waals surface area contributed by atoms with Gasteiger partial charge in [-0.05, 0) is 37.0 Å². The molecule has 0 bridgehead atoms. The summed E-state index contributed by atoms with van der Waals surface area (Å²) in [7, 11) is 0. The van der Waals surface area contributed by atoms with Gasteiger partial charge in [-0.25, -0.2) is 4.98 Å². The number of nitrogens with one attached hydrogen (secondary N) is 2. The van der Waals surface area contributed by atoms with E-state index in [9.17, 15) is 0 Å². The minimum absolute atomic E-state index is 0.616. The lowest BCUT2D eigenvalue weighted by Gasteiger charge is -2.38. The van der Waals surface area contributed by atoms with Crippen LogP contribution in [0.3, 0.4) is 0 Å². The Balaban J connectivity index is 1.39. The second-order valence-electron chi connectivity index (χ2n) is 8.62. The van der Waals surface area contributed by atoms with Crippen molar-refractivity contribution in [3.63, 3.8) is 0 Å². The van der Waals surface area contributed by atoms with Crippen molar-refractivity contribution in [3.8, 4) is 0 Å². The molecule has 0 amide bonds. The maximum Gasteiger partial charge on any atom is 0.188 e. The van der Waals surface area contributed by atoms with Crippen LogP contribution in [0.2, 0.25) is 0 Å². The fourth-order valence-electron chi connectivity index (χ4n) is 5.29. The van der Waals surface area contributed by atoms with Crippen molar-refractivity contribution in [1.29, 1.82) is 0 Å². The number of nitrogens with two attached hydrogens (primary N) is 1. The number of aliphatic imine (C=N–C) groups is 1. The van der Waals surface area contributed by atoms with Crippen LogP contribution in [0.15, 0.2) is 17.5 Å². The molecule has 3 rings (SSSR count). The van der Waals surface area contributed by atoms with Crippen LogP contribution >= 0.6 is 0 Å². The summed E-state index contributed by atoms with van der Waals surface area (Å²) in [6.45, 7) is 1.75. The van der Waals surface area contributed by atoms with Gasteiger partial charge in [0.2, 0.25) is 0 Å². The minimum atomic E-state index is 0.616. The van der Waals surface area contributed by atoms with Crippen molar-refractivity contribution < 1.29 is 0 Å². The van der Waals surface area contributed by atoms with E-state index in [1.807, 2.05) is 6.20 Å². The van der Waals surface area contributed by atoms with E-state index in [1.165, 1.54) is 76.3 Å². The zero-order chi connectivity index (χ0) is 18.7. The third-order valence-electron chi connectivity index (χ3n) is 6.74. The molecule has 2 saturated carbocycles. The first-order valence-corrected chi connectivity index (χ1v) is 11.3. The van der Waals surface area contributed by atoms with Gasteiger partial charge in [-0.1, -0.05) is 64.2 Å². The van der Waals surface area contributed by atoms with Gasteiger partial charge in [0.05, 0.1) is 6.33 Å². The molecule has 0 unspecified atom stereocenters. The lowest BCUT2D eigenvalue weighted by atomic mass is 9.68. The molecular formula is C22H39N5. The van der Waals surface area contributed by atoms with E-state index >= 15 is 0 Å². The lowest BCUT2D eigenvalue weighted by Crippen LogP contribution is -2.36. The number of aryl methyl sites for hydroxylation is 1. The van der Waals surface area contributed by atoms with E-state index in [2.05, 4.69) is 20.3 Å². The Hall–Kier alpha value is -1.52.